The van der Waals surface area contributed by atoms with Gasteiger partial charge in [0.1, 0.15) is 12.1 Å². The van der Waals surface area contributed by atoms with Gasteiger partial charge in [0, 0.05) is 18.8 Å². The van der Waals surface area contributed by atoms with Crippen LogP contribution >= 0.6 is 0 Å². The van der Waals surface area contributed by atoms with Gasteiger partial charge < -0.3 is 14.6 Å². The lowest BCUT2D eigenvalue weighted by atomic mass is 10.2. The summed E-state index contributed by atoms with van der Waals surface area (Å²) in [5, 5.41) is 10.7. The number of para-hydroxylation sites is 1. The van der Waals surface area contributed by atoms with Gasteiger partial charge >= 0.3 is 0 Å². The van der Waals surface area contributed by atoms with Crippen molar-refractivity contribution in [1.29, 1.82) is 0 Å². The highest BCUT2D eigenvalue weighted by Gasteiger charge is 2.15. The fourth-order valence-electron chi connectivity index (χ4n) is 2.18. The van der Waals surface area contributed by atoms with Gasteiger partial charge in [-0.3, -0.25) is 9.78 Å². The lowest BCUT2D eigenvalue weighted by Gasteiger charge is -2.14. The van der Waals surface area contributed by atoms with Gasteiger partial charge in [0.25, 0.3) is 5.91 Å². The predicted molar refractivity (Wildman–Crippen MR) is 89.4 cm³/mol. The molecular formula is C17H17N5O2. The number of carbonyl (C=O) groups is 1. The van der Waals surface area contributed by atoms with E-state index in [1.807, 2.05) is 25.2 Å². The number of carbonyl (C=O) groups excluding carboxylic acids is 1. The van der Waals surface area contributed by atoms with E-state index in [-0.39, 0.29) is 5.91 Å². The summed E-state index contributed by atoms with van der Waals surface area (Å²) >= 11 is 0. The average molecular weight is 323 g/mol. The van der Waals surface area contributed by atoms with Gasteiger partial charge in [-0.05, 0) is 25.1 Å². The molecule has 3 rings (SSSR count). The van der Waals surface area contributed by atoms with Crippen molar-refractivity contribution in [3.63, 3.8) is 0 Å². The molecule has 24 heavy (non-hydrogen) atoms. The molecule has 2 heterocycles. The summed E-state index contributed by atoms with van der Waals surface area (Å²) in [6.45, 7) is 1.70. The van der Waals surface area contributed by atoms with Crippen molar-refractivity contribution in [3.05, 3.63) is 55.1 Å². The van der Waals surface area contributed by atoms with Crippen LogP contribution in [-0.4, -0.2) is 31.8 Å². The molecule has 7 nitrogen and oxygen atoms in total. The standard InChI is InChI=1S/C17H17N5O2/c1-12(24-15-6-4-3-5-7-15)17(23)20-14-8-13(9-18-10-14)16-21-19-11-22(16)2/h3-12H,1-2H3,(H,20,23). The Kier molecular flexibility index (Phi) is 4.51. The van der Waals surface area contributed by atoms with Crippen LogP contribution in [0.3, 0.4) is 0 Å². The summed E-state index contributed by atoms with van der Waals surface area (Å²) in [6.07, 6.45) is 4.22. The number of rotatable bonds is 5. The lowest BCUT2D eigenvalue weighted by molar-refractivity contribution is -0.122. The maximum atomic E-state index is 12.3. The van der Waals surface area contributed by atoms with Crippen LogP contribution in [-0.2, 0) is 11.8 Å². The molecular weight excluding hydrogens is 306 g/mol. The van der Waals surface area contributed by atoms with E-state index in [2.05, 4.69) is 20.5 Å². The van der Waals surface area contributed by atoms with Crippen LogP contribution in [0.4, 0.5) is 5.69 Å². The van der Waals surface area contributed by atoms with Gasteiger partial charge in [-0.15, -0.1) is 10.2 Å². The Hall–Kier alpha value is -3.22. The highest BCUT2D eigenvalue weighted by atomic mass is 16.5. The minimum absolute atomic E-state index is 0.254. The highest BCUT2D eigenvalue weighted by molar-refractivity contribution is 5.94. The van der Waals surface area contributed by atoms with Gasteiger partial charge in [0.2, 0.25) is 0 Å². The minimum Gasteiger partial charge on any atom is -0.481 e. The third kappa shape index (κ3) is 3.57. The summed E-state index contributed by atoms with van der Waals surface area (Å²) in [4.78, 5) is 16.4. The largest absolute Gasteiger partial charge is 0.481 e. The maximum absolute atomic E-state index is 12.3. The van der Waals surface area contributed by atoms with Crippen molar-refractivity contribution in [2.45, 2.75) is 13.0 Å². The molecule has 0 aliphatic heterocycles. The van der Waals surface area contributed by atoms with Crippen molar-refractivity contribution in [2.24, 2.45) is 7.05 Å². The van der Waals surface area contributed by atoms with E-state index < -0.39 is 6.10 Å². The third-order valence-corrected chi connectivity index (χ3v) is 3.40. The highest BCUT2D eigenvalue weighted by Crippen LogP contribution is 2.19. The maximum Gasteiger partial charge on any atom is 0.265 e. The second kappa shape index (κ2) is 6.91. The fourth-order valence-corrected chi connectivity index (χ4v) is 2.18. The molecule has 7 heteroatoms. The number of pyridine rings is 1. The molecule has 1 atom stereocenters. The first-order valence-electron chi connectivity index (χ1n) is 7.45. The number of nitrogens with zero attached hydrogens (tertiary/aromatic N) is 4. The number of aromatic nitrogens is 4. The minimum atomic E-state index is -0.633. The van der Waals surface area contributed by atoms with Crippen molar-refractivity contribution >= 4 is 11.6 Å². The van der Waals surface area contributed by atoms with Gasteiger partial charge in [-0.2, -0.15) is 0 Å². The Balaban J connectivity index is 1.69. The van der Waals surface area contributed by atoms with Gasteiger partial charge in [-0.25, -0.2) is 0 Å². The Bertz CT molecular complexity index is 832. The van der Waals surface area contributed by atoms with E-state index in [0.29, 0.717) is 17.3 Å². The quantitative estimate of drug-likeness (QED) is 0.779. The Morgan fingerprint density at radius 3 is 2.75 bits per heavy atom. The molecule has 0 saturated carbocycles. The van der Waals surface area contributed by atoms with Gasteiger partial charge in [0.15, 0.2) is 11.9 Å². The molecule has 0 saturated heterocycles. The summed E-state index contributed by atoms with van der Waals surface area (Å²) < 4.78 is 7.39. The molecule has 1 N–H and O–H groups in total. The van der Waals surface area contributed by atoms with Gasteiger partial charge in [0.05, 0.1) is 11.9 Å². The molecule has 0 aliphatic carbocycles. The molecule has 1 unspecified atom stereocenters. The van der Waals surface area contributed by atoms with E-state index in [1.165, 1.54) is 0 Å². The topological polar surface area (TPSA) is 81.9 Å². The van der Waals surface area contributed by atoms with Crippen molar-refractivity contribution in [2.75, 3.05) is 5.32 Å². The molecule has 0 aliphatic rings. The lowest BCUT2D eigenvalue weighted by Crippen LogP contribution is -2.30. The number of hydrogen-bond donors (Lipinski definition) is 1. The molecule has 122 valence electrons. The molecule has 0 radical (unpaired) electrons. The zero-order chi connectivity index (χ0) is 16.9. The van der Waals surface area contributed by atoms with Crippen LogP contribution in [0.15, 0.2) is 55.1 Å². The number of anilines is 1. The molecule has 3 aromatic rings. The number of aryl methyl sites for hydroxylation is 1. The monoisotopic (exact) mass is 323 g/mol. The number of ether oxygens (including phenoxy) is 1. The first kappa shape index (κ1) is 15.7. The van der Waals surface area contributed by atoms with Crippen molar-refractivity contribution in [3.8, 4) is 17.1 Å². The van der Waals surface area contributed by atoms with Crippen LogP contribution < -0.4 is 10.1 Å². The first-order chi connectivity index (χ1) is 11.6. The van der Waals surface area contributed by atoms with Crippen molar-refractivity contribution in [1.82, 2.24) is 19.7 Å². The Morgan fingerprint density at radius 2 is 2.04 bits per heavy atom. The summed E-state index contributed by atoms with van der Waals surface area (Å²) in [5.41, 5.74) is 1.34. The number of benzene rings is 1. The first-order valence-corrected chi connectivity index (χ1v) is 7.45. The van der Waals surface area contributed by atoms with Crippen LogP contribution in [0.25, 0.3) is 11.4 Å². The molecule has 2 aromatic heterocycles. The third-order valence-electron chi connectivity index (χ3n) is 3.40. The molecule has 1 amide bonds. The van der Waals surface area contributed by atoms with E-state index in [0.717, 1.165) is 5.56 Å². The second-order valence-corrected chi connectivity index (χ2v) is 5.29. The molecule has 0 fully saturated rings. The van der Waals surface area contributed by atoms with Crippen LogP contribution in [0, 0.1) is 0 Å². The SMILES string of the molecule is CC(Oc1ccccc1)C(=O)Nc1cncc(-c2nncn2C)c1. The zero-order valence-electron chi connectivity index (χ0n) is 13.4. The number of hydrogen-bond acceptors (Lipinski definition) is 5. The normalized spacial score (nSPS) is 11.8. The van der Waals surface area contributed by atoms with E-state index in [1.54, 1.807) is 48.4 Å². The summed E-state index contributed by atoms with van der Waals surface area (Å²) in [7, 11) is 1.84. The van der Waals surface area contributed by atoms with E-state index in [4.69, 9.17) is 4.74 Å². The Labute approximate surface area is 139 Å². The predicted octanol–water partition coefficient (Wildman–Crippen LogP) is 2.28. The number of amides is 1. The summed E-state index contributed by atoms with van der Waals surface area (Å²) in [6, 6.07) is 11.0. The smallest absolute Gasteiger partial charge is 0.265 e. The fraction of sp³-hybridized carbons (Fsp3) is 0.176. The molecule has 1 aromatic carbocycles. The summed E-state index contributed by atoms with van der Waals surface area (Å²) in [5.74, 6) is 1.06. The van der Waals surface area contributed by atoms with Crippen molar-refractivity contribution < 1.29 is 9.53 Å². The second-order valence-electron chi connectivity index (χ2n) is 5.29. The molecule has 0 spiro atoms. The van der Waals surface area contributed by atoms with Crippen LogP contribution in [0.5, 0.6) is 5.75 Å². The van der Waals surface area contributed by atoms with Crippen LogP contribution in [0.2, 0.25) is 0 Å². The van der Waals surface area contributed by atoms with Crippen LogP contribution in [0.1, 0.15) is 6.92 Å². The van der Waals surface area contributed by atoms with E-state index >= 15 is 0 Å². The van der Waals surface area contributed by atoms with E-state index in [9.17, 15) is 4.79 Å². The Morgan fingerprint density at radius 1 is 1.25 bits per heavy atom. The molecule has 0 bridgehead atoms. The van der Waals surface area contributed by atoms with Gasteiger partial charge in [-0.1, -0.05) is 18.2 Å². The average Bonchev–Trinajstić information content (AvgIpc) is 3.02. The number of nitrogens with one attached hydrogen (secondary N) is 1. The zero-order valence-corrected chi connectivity index (χ0v) is 13.4.